The lowest BCUT2D eigenvalue weighted by atomic mass is 9.95. The number of halogens is 1. The Balaban J connectivity index is 1.29. The monoisotopic (exact) mass is 498 g/mol. The third-order valence-corrected chi connectivity index (χ3v) is 7.44. The molecule has 4 aromatic rings. The van der Waals surface area contributed by atoms with Crippen LogP contribution in [-0.2, 0) is 26.0 Å². The number of rotatable bonds is 8. The van der Waals surface area contributed by atoms with Gasteiger partial charge >= 0.3 is 0 Å². The first-order valence-electron chi connectivity index (χ1n) is 12.1. The van der Waals surface area contributed by atoms with E-state index in [4.69, 9.17) is 9.73 Å². The predicted octanol–water partition coefficient (Wildman–Crippen LogP) is 7.03. The molecule has 4 nitrogen and oxygen atoms in total. The van der Waals surface area contributed by atoms with Gasteiger partial charge in [0.2, 0.25) is 0 Å². The molecule has 0 fully saturated rings. The van der Waals surface area contributed by atoms with Crippen molar-refractivity contribution >= 4 is 28.5 Å². The van der Waals surface area contributed by atoms with Gasteiger partial charge < -0.3 is 10.1 Å². The largest absolute Gasteiger partial charge is 0.489 e. The molecule has 0 unspecified atom stereocenters. The van der Waals surface area contributed by atoms with Crippen molar-refractivity contribution in [3.8, 4) is 5.75 Å². The molecule has 0 saturated heterocycles. The zero-order valence-electron chi connectivity index (χ0n) is 19.9. The molecule has 6 heteroatoms. The molecule has 182 valence electrons. The number of thiophene rings is 1. The molecule has 36 heavy (non-hydrogen) atoms. The predicted molar refractivity (Wildman–Crippen MR) is 143 cm³/mol. The Bertz CT molecular complexity index is 1360. The van der Waals surface area contributed by atoms with Crippen LogP contribution in [0, 0.1) is 5.82 Å². The van der Waals surface area contributed by atoms with Crippen molar-refractivity contribution in [1.82, 2.24) is 5.32 Å². The molecule has 5 rings (SSSR count). The summed E-state index contributed by atoms with van der Waals surface area (Å²) in [6.07, 6.45) is 5.95. The molecule has 0 saturated carbocycles. The van der Waals surface area contributed by atoms with Crippen LogP contribution >= 0.6 is 11.3 Å². The fourth-order valence-electron chi connectivity index (χ4n) is 4.30. The van der Waals surface area contributed by atoms with Gasteiger partial charge in [0.1, 0.15) is 23.2 Å². The highest BCUT2D eigenvalue weighted by atomic mass is 32.1. The number of carbonyl (C=O) groups is 1. The van der Waals surface area contributed by atoms with Gasteiger partial charge in [0.15, 0.2) is 0 Å². The average molecular weight is 499 g/mol. The van der Waals surface area contributed by atoms with Crippen molar-refractivity contribution in [1.29, 1.82) is 0 Å². The van der Waals surface area contributed by atoms with E-state index in [1.54, 1.807) is 35.8 Å². The Morgan fingerprint density at radius 1 is 0.972 bits per heavy atom. The van der Waals surface area contributed by atoms with E-state index in [2.05, 4.69) is 5.32 Å². The van der Waals surface area contributed by atoms with Gasteiger partial charge in [-0.2, -0.15) is 0 Å². The van der Waals surface area contributed by atoms with Crippen LogP contribution in [0.2, 0.25) is 0 Å². The van der Waals surface area contributed by atoms with Gasteiger partial charge in [-0.3, -0.25) is 4.79 Å². The van der Waals surface area contributed by atoms with Gasteiger partial charge in [0.05, 0.1) is 5.56 Å². The fraction of sp³-hybridized carbons (Fsp3) is 0.200. The Morgan fingerprint density at radius 3 is 2.53 bits per heavy atom. The Morgan fingerprint density at radius 2 is 1.72 bits per heavy atom. The van der Waals surface area contributed by atoms with E-state index in [1.165, 1.54) is 10.9 Å². The van der Waals surface area contributed by atoms with Crippen molar-refractivity contribution in [3.05, 3.63) is 117 Å². The van der Waals surface area contributed by atoms with Crippen LogP contribution in [0.5, 0.6) is 5.75 Å². The fourth-order valence-corrected chi connectivity index (χ4v) is 5.53. The highest BCUT2D eigenvalue weighted by molar-refractivity contribution is 7.16. The third kappa shape index (κ3) is 5.71. The molecule has 0 bridgehead atoms. The summed E-state index contributed by atoms with van der Waals surface area (Å²) >= 11 is 1.62. The topological polar surface area (TPSA) is 50.7 Å². The number of carbonyl (C=O) groups excluding carboxylic acids is 1. The number of amides is 1. The zero-order chi connectivity index (χ0) is 24.7. The Labute approximate surface area is 214 Å². The quantitative estimate of drug-likeness (QED) is 0.265. The van der Waals surface area contributed by atoms with E-state index in [0.717, 1.165) is 47.4 Å². The van der Waals surface area contributed by atoms with E-state index in [1.807, 2.05) is 54.6 Å². The number of nitrogens with one attached hydrogen (secondary N) is 1. The third-order valence-electron chi connectivity index (χ3n) is 6.24. The van der Waals surface area contributed by atoms with Crippen molar-refractivity contribution in [3.63, 3.8) is 0 Å². The standard InChI is InChI=1S/C30H27FN2O2S/c31-26-12-6-4-10-23(26)20-35-24-16-14-22(15-17-24)19-33-30-28(25-11-5-7-13-27(25)36-30)29(34)32-18-21-8-2-1-3-9-21/h1-4,6,8-10,12,14-17,19H,5,7,11,13,18,20H2,(H,32,34). The maximum absolute atomic E-state index is 13.8. The van der Waals surface area contributed by atoms with Crippen molar-refractivity contribution in [2.45, 2.75) is 38.8 Å². The van der Waals surface area contributed by atoms with Crippen molar-refractivity contribution in [2.24, 2.45) is 4.99 Å². The molecule has 1 N–H and O–H groups in total. The average Bonchev–Trinajstić information content (AvgIpc) is 3.30. The minimum Gasteiger partial charge on any atom is -0.489 e. The number of ether oxygens (including phenoxy) is 1. The smallest absolute Gasteiger partial charge is 0.254 e. The first-order chi connectivity index (χ1) is 17.7. The van der Waals surface area contributed by atoms with Crippen molar-refractivity contribution < 1.29 is 13.9 Å². The maximum atomic E-state index is 13.8. The van der Waals surface area contributed by atoms with Crippen LogP contribution in [0.4, 0.5) is 9.39 Å². The van der Waals surface area contributed by atoms with Crippen LogP contribution in [0.15, 0.2) is 83.9 Å². The van der Waals surface area contributed by atoms with Crippen molar-refractivity contribution in [2.75, 3.05) is 0 Å². The van der Waals surface area contributed by atoms with E-state index in [0.29, 0.717) is 23.4 Å². The Hall–Kier alpha value is -3.77. The molecular weight excluding hydrogens is 471 g/mol. The molecule has 0 spiro atoms. The zero-order valence-corrected chi connectivity index (χ0v) is 20.7. The second-order valence-corrected chi connectivity index (χ2v) is 9.85. The molecule has 0 atom stereocenters. The Kier molecular flexibility index (Phi) is 7.52. The van der Waals surface area contributed by atoms with Gasteiger partial charge in [0.25, 0.3) is 5.91 Å². The van der Waals surface area contributed by atoms with E-state index in [-0.39, 0.29) is 18.3 Å². The number of aliphatic imine (C=N–C) groups is 1. The first kappa shape index (κ1) is 23.9. The SMILES string of the molecule is O=C(NCc1ccccc1)c1c(N=Cc2ccc(OCc3ccccc3F)cc2)sc2c1CCCC2. The van der Waals surface area contributed by atoms with E-state index in [9.17, 15) is 9.18 Å². The lowest BCUT2D eigenvalue weighted by Gasteiger charge is -2.12. The van der Waals surface area contributed by atoms with Gasteiger partial charge in [-0.15, -0.1) is 11.3 Å². The number of hydrogen-bond donors (Lipinski definition) is 1. The first-order valence-corrected chi connectivity index (χ1v) is 13.0. The maximum Gasteiger partial charge on any atom is 0.254 e. The van der Waals surface area contributed by atoms with Crippen LogP contribution in [-0.4, -0.2) is 12.1 Å². The van der Waals surface area contributed by atoms with Crippen LogP contribution in [0.3, 0.4) is 0 Å². The number of benzene rings is 3. The van der Waals surface area contributed by atoms with Crippen LogP contribution in [0.25, 0.3) is 0 Å². The lowest BCUT2D eigenvalue weighted by molar-refractivity contribution is 0.0951. The number of fused-ring (bicyclic) bond motifs is 1. The van der Waals surface area contributed by atoms with Gasteiger partial charge in [-0.1, -0.05) is 48.5 Å². The van der Waals surface area contributed by atoms with Gasteiger partial charge in [-0.05, 0) is 72.7 Å². The van der Waals surface area contributed by atoms with E-state index < -0.39 is 0 Å². The summed E-state index contributed by atoms with van der Waals surface area (Å²) in [6.45, 7) is 0.657. The second kappa shape index (κ2) is 11.3. The van der Waals surface area contributed by atoms with Gasteiger partial charge in [0, 0.05) is 23.2 Å². The van der Waals surface area contributed by atoms with Gasteiger partial charge in [-0.25, -0.2) is 9.38 Å². The summed E-state index contributed by atoms with van der Waals surface area (Å²) in [6, 6.07) is 24.0. The summed E-state index contributed by atoms with van der Waals surface area (Å²) < 4.78 is 19.5. The van der Waals surface area contributed by atoms with E-state index >= 15 is 0 Å². The number of hydrogen-bond acceptors (Lipinski definition) is 4. The molecule has 3 aromatic carbocycles. The molecule has 1 aromatic heterocycles. The molecule has 0 radical (unpaired) electrons. The van der Waals surface area contributed by atoms with Crippen LogP contribution < -0.4 is 10.1 Å². The lowest BCUT2D eigenvalue weighted by Crippen LogP contribution is -2.24. The minimum atomic E-state index is -0.275. The molecule has 0 aliphatic heterocycles. The molecule has 1 aliphatic carbocycles. The number of aryl methyl sites for hydroxylation is 1. The normalized spacial score (nSPS) is 12.9. The summed E-state index contributed by atoms with van der Waals surface area (Å²) in [7, 11) is 0. The van der Waals surface area contributed by atoms with Crippen LogP contribution in [0.1, 0.15) is 50.3 Å². The molecule has 1 heterocycles. The summed E-state index contributed by atoms with van der Waals surface area (Å²) in [4.78, 5) is 19.2. The second-order valence-electron chi connectivity index (χ2n) is 8.77. The molecule has 1 aliphatic rings. The summed E-state index contributed by atoms with van der Waals surface area (Å²) in [5, 5.41) is 3.84. The number of nitrogens with zero attached hydrogens (tertiary/aromatic N) is 1. The summed E-state index contributed by atoms with van der Waals surface area (Å²) in [5.74, 6) is 0.314. The highest BCUT2D eigenvalue weighted by Gasteiger charge is 2.25. The molecule has 1 amide bonds. The summed E-state index contributed by atoms with van der Waals surface area (Å²) in [5.41, 5.74) is 4.35. The highest BCUT2D eigenvalue weighted by Crippen LogP contribution is 2.40. The minimum absolute atomic E-state index is 0.0673. The molecular formula is C30H27FN2O2S.